The van der Waals surface area contributed by atoms with Crippen molar-refractivity contribution in [1.82, 2.24) is 9.99 Å². The maximum absolute atomic E-state index is 12.2. The second kappa shape index (κ2) is 5.93. The Labute approximate surface area is 125 Å². The molecule has 1 aromatic rings. The van der Waals surface area contributed by atoms with Crippen LogP contribution in [0.4, 0.5) is 0 Å². The molecule has 1 aromatic heterocycles. The van der Waals surface area contributed by atoms with E-state index >= 15 is 0 Å². The Morgan fingerprint density at radius 1 is 1.24 bits per heavy atom. The van der Waals surface area contributed by atoms with Crippen molar-refractivity contribution in [3.63, 3.8) is 0 Å². The minimum Gasteiger partial charge on any atom is -0.375 e. The van der Waals surface area contributed by atoms with Crippen LogP contribution in [-0.2, 0) is 9.53 Å². The third-order valence-corrected chi connectivity index (χ3v) is 4.07. The fourth-order valence-corrected chi connectivity index (χ4v) is 3.17. The van der Waals surface area contributed by atoms with Crippen molar-refractivity contribution in [1.29, 1.82) is 0 Å². The molecule has 0 bridgehead atoms. The summed E-state index contributed by atoms with van der Waals surface area (Å²) in [6, 6.07) is 4.04. The predicted molar refractivity (Wildman–Crippen MR) is 79.9 cm³/mol. The summed E-state index contributed by atoms with van der Waals surface area (Å²) in [5, 5.41) is 6.33. The minimum atomic E-state index is 0.119. The number of carbonyl (C=O) groups excluding carboxylic acids is 1. The van der Waals surface area contributed by atoms with Crippen molar-refractivity contribution in [3.8, 4) is 0 Å². The van der Waals surface area contributed by atoms with Crippen LogP contribution in [-0.4, -0.2) is 39.9 Å². The monoisotopic (exact) mass is 287 g/mol. The topological polar surface area (TPSA) is 54.8 Å². The molecule has 0 aromatic carbocycles. The molecule has 0 saturated carbocycles. The molecule has 0 spiro atoms. The molecule has 2 aliphatic heterocycles. The van der Waals surface area contributed by atoms with Gasteiger partial charge in [0.1, 0.15) is 0 Å². The number of carbonyl (C=O) groups is 1. The Bertz CT molecular complexity index is 534. The molecular formula is C16H21N3O2. The molecule has 112 valence electrons. The van der Waals surface area contributed by atoms with Gasteiger partial charge in [-0.25, -0.2) is 5.01 Å². The largest absolute Gasteiger partial charge is 0.375 e. The first-order chi connectivity index (χ1) is 10.1. The van der Waals surface area contributed by atoms with Gasteiger partial charge < -0.3 is 4.74 Å². The highest BCUT2D eigenvalue weighted by molar-refractivity contribution is 6.03. The number of hydrazone groups is 1. The van der Waals surface area contributed by atoms with Gasteiger partial charge in [-0.2, -0.15) is 5.10 Å². The highest BCUT2D eigenvalue weighted by Crippen LogP contribution is 2.27. The first-order valence-electron chi connectivity index (χ1n) is 7.59. The number of rotatable bonds is 2. The van der Waals surface area contributed by atoms with Crippen LogP contribution in [0.25, 0.3) is 0 Å². The molecule has 1 fully saturated rings. The summed E-state index contributed by atoms with van der Waals surface area (Å²) in [4.78, 5) is 16.4. The molecule has 1 saturated heterocycles. The highest BCUT2D eigenvalue weighted by Gasteiger charge is 2.33. The second-order valence-corrected chi connectivity index (χ2v) is 5.91. The van der Waals surface area contributed by atoms with Gasteiger partial charge in [-0.3, -0.25) is 9.78 Å². The average Bonchev–Trinajstić information content (AvgIpc) is 2.47. The SMILES string of the molecule is CC1CC(N2N=C(c3cccnc3)CCC2=O)CC(C)O1. The van der Waals surface area contributed by atoms with Gasteiger partial charge in [-0.05, 0) is 32.8 Å². The molecule has 21 heavy (non-hydrogen) atoms. The van der Waals surface area contributed by atoms with E-state index in [1.807, 2.05) is 18.3 Å². The first kappa shape index (κ1) is 14.2. The van der Waals surface area contributed by atoms with Gasteiger partial charge in [0.15, 0.2) is 0 Å². The molecule has 1 amide bonds. The predicted octanol–water partition coefficient (Wildman–Crippen LogP) is 2.36. The van der Waals surface area contributed by atoms with Crippen LogP contribution in [0.3, 0.4) is 0 Å². The van der Waals surface area contributed by atoms with Crippen molar-refractivity contribution in [3.05, 3.63) is 30.1 Å². The normalized spacial score (nSPS) is 30.2. The van der Waals surface area contributed by atoms with Crippen LogP contribution < -0.4 is 0 Å². The van der Waals surface area contributed by atoms with E-state index in [1.54, 1.807) is 11.2 Å². The van der Waals surface area contributed by atoms with E-state index in [4.69, 9.17) is 4.74 Å². The number of pyridine rings is 1. The van der Waals surface area contributed by atoms with Crippen LogP contribution in [0.1, 0.15) is 45.1 Å². The highest BCUT2D eigenvalue weighted by atomic mass is 16.5. The lowest BCUT2D eigenvalue weighted by molar-refractivity contribution is -0.139. The Morgan fingerprint density at radius 3 is 2.67 bits per heavy atom. The number of hydrogen-bond donors (Lipinski definition) is 0. The summed E-state index contributed by atoms with van der Waals surface area (Å²) in [7, 11) is 0. The van der Waals surface area contributed by atoms with E-state index in [9.17, 15) is 4.79 Å². The molecule has 5 nitrogen and oxygen atoms in total. The minimum absolute atomic E-state index is 0.119. The van der Waals surface area contributed by atoms with E-state index in [1.165, 1.54) is 0 Å². The third-order valence-electron chi connectivity index (χ3n) is 4.07. The Morgan fingerprint density at radius 2 is 2.00 bits per heavy atom. The fraction of sp³-hybridized carbons (Fsp3) is 0.562. The van der Waals surface area contributed by atoms with Crippen molar-refractivity contribution in [2.45, 2.75) is 57.8 Å². The summed E-state index contributed by atoms with van der Waals surface area (Å²) in [5.74, 6) is 0.119. The van der Waals surface area contributed by atoms with Crippen LogP contribution in [0.5, 0.6) is 0 Å². The Kier molecular flexibility index (Phi) is 4.01. The van der Waals surface area contributed by atoms with E-state index in [0.717, 1.165) is 24.1 Å². The number of amides is 1. The van der Waals surface area contributed by atoms with Gasteiger partial charge in [0.2, 0.25) is 5.91 Å². The van der Waals surface area contributed by atoms with E-state index in [2.05, 4.69) is 23.9 Å². The molecule has 2 aliphatic rings. The van der Waals surface area contributed by atoms with E-state index in [-0.39, 0.29) is 24.2 Å². The van der Waals surface area contributed by atoms with Gasteiger partial charge in [0.25, 0.3) is 0 Å². The summed E-state index contributed by atoms with van der Waals surface area (Å²) < 4.78 is 5.76. The van der Waals surface area contributed by atoms with Crippen molar-refractivity contribution in [2.24, 2.45) is 5.10 Å². The van der Waals surface area contributed by atoms with Crippen LogP contribution in [0.15, 0.2) is 29.6 Å². The smallest absolute Gasteiger partial charge is 0.243 e. The van der Waals surface area contributed by atoms with Gasteiger partial charge in [0, 0.05) is 30.8 Å². The van der Waals surface area contributed by atoms with Gasteiger partial charge >= 0.3 is 0 Å². The molecular weight excluding hydrogens is 266 g/mol. The summed E-state index contributed by atoms with van der Waals surface area (Å²) >= 11 is 0. The first-order valence-corrected chi connectivity index (χ1v) is 7.59. The Balaban J connectivity index is 1.84. The van der Waals surface area contributed by atoms with E-state index in [0.29, 0.717) is 12.8 Å². The maximum atomic E-state index is 12.2. The third kappa shape index (κ3) is 3.13. The Hall–Kier alpha value is -1.75. The second-order valence-electron chi connectivity index (χ2n) is 5.91. The zero-order chi connectivity index (χ0) is 14.8. The van der Waals surface area contributed by atoms with Crippen molar-refractivity contribution < 1.29 is 9.53 Å². The van der Waals surface area contributed by atoms with Crippen molar-refractivity contribution >= 4 is 11.6 Å². The van der Waals surface area contributed by atoms with Crippen molar-refractivity contribution in [2.75, 3.05) is 0 Å². The van der Waals surface area contributed by atoms with Crippen LogP contribution in [0, 0.1) is 0 Å². The maximum Gasteiger partial charge on any atom is 0.243 e. The number of nitrogens with zero attached hydrogens (tertiary/aromatic N) is 3. The van der Waals surface area contributed by atoms with Gasteiger partial charge in [-0.15, -0.1) is 0 Å². The lowest BCUT2D eigenvalue weighted by atomic mass is 9.98. The van der Waals surface area contributed by atoms with Gasteiger partial charge in [-0.1, -0.05) is 6.07 Å². The zero-order valence-corrected chi connectivity index (χ0v) is 12.5. The molecule has 0 N–H and O–H groups in total. The quantitative estimate of drug-likeness (QED) is 0.839. The van der Waals surface area contributed by atoms with Crippen LogP contribution >= 0.6 is 0 Å². The average molecular weight is 287 g/mol. The lowest BCUT2D eigenvalue weighted by Gasteiger charge is -2.38. The van der Waals surface area contributed by atoms with Gasteiger partial charge in [0.05, 0.1) is 24.0 Å². The number of ether oxygens (including phenoxy) is 1. The molecule has 0 radical (unpaired) electrons. The number of hydrogen-bond acceptors (Lipinski definition) is 4. The summed E-state index contributed by atoms with van der Waals surface area (Å²) in [6.45, 7) is 4.12. The van der Waals surface area contributed by atoms with Crippen LogP contribution in [0.2, 0.25) is 0 Å². The standard InChI is InChI=1S/C16H21N3O2/c1-11-8-14(9-12(2)21-11)19-16(20)6-5-15(18-19)13-4-3-7-17-10-13/h3-4,7,10-12,14H,5-6,8-9H2,1-2H3. The molecule has 0 aliphatic carbocycles. The molecule has 2 atom stereocenters. The molecule has 3 heterocycles. The number of aromatic nitrogens is 1. The van der Waals surface area contributed by atoms with E-state index < -0.39 is 0 Å². The molecule has 2 unspecified atom stereocenters. The molecule has 3 rings (SSSR count). The summed E-state index contributed by atoms with van der Waals surface area (Å²) in [5.41, 5.74) is 1.96. The fourth-order valence-electron chi connectivity index (χ4n) is 3.17. The molecule has 5 heteroatoms. The summed E-state index contributed by atoms with van der Waals surface area (Å²) in [6.07, 6.45) is 6.80. The zero-order valence-electron chi connectivity index (χ0n) is 12.5. The lowest BCUT2D eigenvalue weighted by Crippen LogP contribution is -2.46.